The highest BCUT2D eigenvalue weighted by molar-refractivity contribution is 6.31. The molecule has 7 heteroatoms. The van der Waals surface area contributed by atoms with E-state index < -0.39 is 0 Å². The molecule has 5 nitrogen and oxygen atoms in total. The second kappa shape index (κ2) is 6.06. The minimum absolute atomic E-state index is 0.0928. The van der Waals surface area contributed by atoms with E-state index in [1.807, 2.05) is 4.90 Å². The molecule has 22 heavy (non-hydrogen) atoms. The summed E-state index contributed by atoms with van der Waals surface area (Å²) in [7, 11) is 1.56. The molecule has 0 saturated heterocycles. The quantitative estimate of drug-likeness (QED) is 0.865. The molecular formula is C15H15ClFN3O2. The monoisotopic (exact) mass is 323 g/mol. The highest BCUT2D eigenvalue weighted by Crippen LogP contribution is 2.24. The Kier molecular flexibility index (Phi) is 4.13. The van der Waals surface area contributed by atoms with Crippen LogP contribution in [0.2, 0.25) is 5.02 Å². The number of fused-ring (bicyclic) bond motifs is 1. The first-order valence-electron chi connectivity index (χ1n) is 6.87. The number of methoxy groups -OCH3 is 1. The van der Waals surface area contributed by atoms with E-state index in [0.29, 0.717) is 36.3 Å². The van der Waals surface area contributed by atoms with Crippen molar-refractivity contribution in [3.05, 3.63) is 56.7 Å². The van der Waals surface area contributed by atoms with Crippen LogP contribution < -0.4 is 10.5 Å². The Labute approximate surface area is 131 Å². The first-order chi connectivity index (χ1) is 10.6. The van der Waals surface area contributed by atoms with Crippen molar-refractivity contribution in [3.8, 4) is 0 Å². The Hall–Kier alpha value is -1.92. The van der Waals surface area contributed by atoms with E-state index in [0.717, 1.165) is 5.56 Å². The Morgan fingerprint density at radius 2 is 2.18 bits per heavy atom. The van der Waals surface area contributed by atoms with Crippen LogP contribution in [-0.4, -0.2) is 23.2 Å². The Morgan fingerprint density at radius 1 is 1.36 bits per heavy atom. The molecule has 0 unspecified atom stereocenters. The van der Waals surface area contributed by atoms with Crippen LogP contribution in [0, 0.1) is 5.82 Å². The molecule has 0 N–H and O–H groups in total. The molecule has 0 spiro atoms. The van der Waals surface area contributed by atoms with Crippen LogP contribution in [0.3, 0.4) is 0 Å². The molecule has 1 aromatic carbocycles. The molecule has 116 valence electrons. The average Bonchev–Trinajstić information content (AvgIpc) is 2.86. The fourth-order valence-electron chi connectivity index (χ4n) is 2.54. The molecule has 1 aliphatic heterocycles. The standard InChI is InChI=1S/C15H15ClFN3O2/c1-22-9-12-7-14(21)20-5-4-19(15(20)18-12)8-10-2-3-11(17)6-13(10)16/h2-3,6-7H,4-5,8-9H2,1H3. The van der Waals surface area contributed by atoms with Crippen molar-refractivity contribution in [2.45, 2.75) is 19.7 Å². The minimum atomic E-state index is -0.368. The first-order valence-corrected chi connectivity index (χ1v) is 7.25. The van der Waals surface area contributed by atoms with E-state index in [9.17, 15) is 9.18 Å². The summed E-state index contributed by atoms with van der Waals surface area (Å²) >= 11 is 6.07. The molecule has 0 bridgehead atoms. The van der Waals surface area contributed by atoms with E-state index in [1.54, 1.807) is 17.7 Å². The molecule has 2 heterocycles. The van der Waals surface area contributed by atoms with Crippen molar-refractivity contribution in [1.29, 1.82) is 0 Å². The van der Waals surface area contributed by atoms with Crippen molar-refractivity contribution >= 4 is 17.5 Å². The Bertz CT molecular complexity index is 763. The van der Waals surface area contributed by atoms with Gasteiger partial charge in [0.1, 0.15) is 5.82 Å². The molecule has 1 aliphatic rings. The van der Waals surface area contributed by atoms with Gasteiger partial charge in [0.25, 0.3) is 5.56 Å². The van der Waals surface area contributed by atoms with Crippen LogP contribution >= 0.6 is 11.6 Å². The predicted molar refractivity (Wildman–Crippen MR) is 81.7 cm³/mol. The number of benzene rings is 1. The fourth-order valence-corrected chi connectivity index (χ4v) is 2.77. The van der Waals surface area contributed by atoms with Crippen molar-refractivity contribution in [2.75, 3.05) is 18.6 Å². The van der Waals surface area contributed by atoms with Crippen LogP contribution in [0.25, 0.3) is 0 Å². The van der Waals surface area contributed by atoms with Gasteiger partial charge in [-0.25, -0.2) is 9.37 Å². The van der Waals surface area contributed by atoms with E-state index in [2.05, 4.69) is 4.98 Å². The lowest BCUT2D eigenvalue weighted by Gasteiger charge is -2.18. The van der Waals surface area contributed by atoms with Gasteiger partial charge < -0.3 is 9.64 Å². The van der Waals surface area contributed by atoms with Crippen molar-refractivity contribution < 1.29 is 9.13 Å². The lowest BCUT2D eigenvalue weighted by molar-refractivity contribution is 0.181. The summed E-state index contributed by atoms with van der Waals surface area (Å²) in [6.45, 7) is 2.00. The molecule has 0 radical (unpaired) electrons. The smallest absolute Gasteiger partial charge is 0.255 e. The predicted octanol–water partition coefficient (Wildman–Crippen LogP) is 2.20. The molecule has 0 fully saturated rings. The molecule has 2 aromatic rings. The van der Waals surface area contributed by atoms with E-state index in [4.69, 9.17) is 16.3 Å². The van der Waals surface area contributed by atoms with Crippen molar-refractivity contribution in [1.82, 2.24) is 9.55 Å². The second-order valence-electron chi connectivity index (χ2n) is 5.13. The number of hydrogen-bond acceptors (Lipinski definition) is 4. The maximum absolute atomic E-state index is 13.1. The summed E-state index contributed by atoms with van der Waals surface area (Å²) in [5.41, 5.74) is 1.29. The topological polar surface area (TPSA) is 47.4 Å². The summed E-state index contributed by atoms with van der Waals surface area (Å²) in [6, 6.07) is 5.80. The number of rotatable bonds is 4. The Balaban J connectivity index is 1.91. The van der Waals surface area contributed by atoms with Gasteiger partial charge >= 0.3 is 0 Å². The van der Waals surface area contributed by atoms with Gasteiger partial charge in [0.15, 0.2) is 0 Å². The Morgan fingerprint density at radius 3 is 2.91 bits per heavy atom. The summed E-state index contributed by atoms with van der Waals surface area (Å²) in [5, 5.41) is 0.369. The van der Waals surface area contributed by atoms with Gasteiger partial charge in [-0.1, -0.05) is 17.7 Å². The van der Waals surface area contributed by atoms with Gasteiger partial charge in [0.05, 0.1) is 12.3 Å². The highest BCUT2D eigenvalue weighted by Gasteiger charge is 2.23. The highest BCUT2D eigenvalue weighted by atomic mass is 35.5. The molecule has 0 atom stereocenters. The lowest BCUT2D eigenvalue weighted by Crippen LogP contribution is -2.23. The zero-order valence-electron chi connectivity index (χ0n) is 12.1. The van der Waals surface area contributed by atoms with Gasteiger partial charge in [-0.15, -0.1) is 0 Å². The van der Waals surface area contributed by atoms with Gasteiger partial charge in [-0.3, -0.25) is 9.36 Å². The maximum atomic E-state index is 13.1. The second-order valence-corrected chi connectivity index (χ2v) is 5.53. The number of nitrogens with zero attached hydrogens (tertiary/aromatic N) is 3. The van der Waals surface area contributed by atoms with Crippen molar-refractivity contribution in [3.63, 3.8) is 0 Å². The van der Waals surface area contributed by atoms with E-state index in [1.165, 1.54) is 18.2 Å². The van der Waals surface area contributed by atoms with Gasteiger partial charge in [-0.05, 0) is 17.7 Å². The number of hydrogen-bond donors (Lipinski definition) is 0. The van der Waals surface area contributed by atoms with Gasteiger partial charge in [0.2, 0.25) is 5.95 Å². The number of halogens is 2. The largest absolute Gasteiger partial charge is 0.378 e. The van der Waals surface area contributed by atoms with Crippen LogP contribution in [-0.2, 0) is 24.4 Å². The molecule has 3 rings (SSSR count). The third-order valence-corrected chi connectivity index (χ3v) is 3.94. The first kappa shape index (κ1) is 15.0. The lowest BCUT2D eigenvalue weighted by atomic mass is 10.2. The third-order valence-electron chi connectivity index (χ3n) is 3.59. The number of ether oxygens (including phenoxy) is 1. The molecule has 0 aliphatic carbocycles. The van der Waals surface area contributed by atoms with E-state index >= 15 is 0 Å². The van der Waals surface area contributed by atoms with E-state index in [-0.39, 0.29) is 18.0 Å². The summed E-state index contributed by atoms with van der Waals surface area (Å²) in [4.78, 5) is 18.5. The fraction of sp³-hybridized carbons (Fsp3) is 0.333. The maximum Gasteiger partial charge on any atom is 0.255 e. The average molecular weight is 324 g/mol. The normalized spacial score (nSPS) is 13.5. The SMILES string of the molecule is COCc1cc(=O)n2c(n1)N(Cc1ccc(F)cc1Cl)CC2. The van der Waals surface area contributed by atoms with Gasteiger partial charge in [0, 0.05) is 37.8 Å². The van der Waals surface area contributed by atoms with Crippen LogP contribution in [0.1, 0.15) is 11.3 Å². The van der Waals surface area contributed by atoms with Crippen LogP contribution in [0.5, 0.6) is 0 Å². The number of anilines is 1. The van der Waals surface area contributed by atoms with Crippen LogP contribution in [0.4, 0.5) is 10.3 Å². The van der Waals surface area contributed by atoms with Crippen LogP contribution in [0.15, 0.2) is 29.1 Å². The molecule has 0 amide bonds. The molecular weight excluding hydrogens is 309 g/mol. The summed E-state index contributed by atoms with van der Waals surface area (Å²) < 4.78 is 19.8. The van der Waals surface area contributed by atoms with Crippen molar-refractivity contribution in [2.24, 2.45) is 0 Å². The minimum Gasteiger partial charge on any atom is -0.378 e. The molecule has 1 aromatic heterocycles. The zero-order chi connectivity index (χ0) is 15.7. The zero-order valence-corrected chi connectivity index (χ0v) is 12.8. The number of aromatic nitrogens is 2. The summed E-state index contributed by atoms with van der Waals surface area (Å²) in [5.74, 6) is 0.229. The third kappa shape index (κ3) is 2.84. The summed E-state index contributed by atoms with van der Waals surface area (Å²) in [6.07, 6.45) is 0. The van der Waals surface area contributed by atoms with Gasteiger partial charge in [-0.2, -0.15) is 0 Å². The molecule has 0 saturated carbocycles.